The highest BCUT2D eigenvalue weighted by Gasteiger charge is 2.51. The minimum atomic E-state index is -4.41. The minimum Gasteiger partial charge on any atom is -0.397 e. The van der Waals surface area contributed by atoms with Crippen LogP contribution in [0.3, 0.4) is 0 Å². The lowest BCUT2D eigenvalue weighted by molar-refractivity contribution is -0.161. The first-order valence-electron chi connectivity index (χ1n) is 4.48. The van der Waals surface area contributed by atoms with Crippen LogP contribution < -0.4 is 16.3 Å². The van der Waals surface area contributed by atoms with Gasteiger partial charge in [-0.2, -0.15) is 13.2 Å². The number of nitrogens with two attached hydrogens (primary N) is 1. The van der Waals surface area contributed by atoms with Crippen LogP contribution in [0.5, 0.6) is 0 Å². The smallest absolute Gasteiger partial charge is 0.397 e. The van der Waals surface area contributed by atoms with Gasteiger partial charge in [0.1, 0.15) is 0 Å². The van der Waals surface area contributed by atoms with Gasteiger partial charge in [-0.1, -0.05) is 0 Å². The van der Waals surface area contributed by atoms with Crippen molar-refractivity contribution in [2.24, 2.45) is 4.99 Å². The van der Waals surface area contributed by atoms with Crippen LogP contribution >= 0.6 is 15.9 Å². The van der Waals surface area contributed by atoms with Gasteiger partial charge >= 0.3 is 6.18 Å². The molecule has 1 unspecified atom stereocenters. The molecule has 0 radical (unpaired) electrons. The molecule has 0 aromatic heterocycles. The number of hydrogen-bond acceptors (Lipinski definition) is 2. The number of benzene rings is 1. The Morgan fingerprint density at radius 3 is 2.56 bits per heavy atom. The first kappa shape index (κ1) is 11.4. The summed E-state index contributed by atoms with van der Waals surface area (Å²) < 4.78 is 38.9. The van der Waals surface area contributed by atoms with Crippen molar-refractivity contribution in [2.45, 2.75) is 18.6 Å². The fourth-order valence-corrected chi connectivity index (χ4v) is 1.90. The Balaban J connectivity index is 2.75. The summed E-state index contributed by atoms with van der Waals surface area (Å²) in [5.74, 6) is 0. The van der Waals surface area contributed by atoms with Crippen LogP contribution in [0, 0.1) is 0 Å². The minimum absolute atomic E-state index is 0.278. The topological polar surface area (TPSA) is 38.4 Å². The quantitative estimate of drug-likeness (QED) is 0.727. The molecule has 0 saturated carbocycles. The molecule has 1 atom stereocenters. The molecule has 2 N–H and O–H groups in total. The fraction of sp³-hybridized carbons (Fsp3) is 0.300. The van der Waals surface area contributed by atoms with Crippen LogP contribution in [0.15, 0.2) is 21.6 Å². The zero-order valence-corrected chi connectivity index (χ0v) is 9.85. The lowest BCUT2D eigenvalue weighted by atomic mass is 10.0. The second-order valence-corrected chi connectivity index (χ2v) is 4.65. The first-order valence-corrected chi connectivity index (χ1v) is 5.27. The molecule has 0 fully saturated rings. The average molecular weight is 293 g/mol. The summed E-state index contributed by atoms with van der Waals surface area (Å²) >= 11 is 3.17. The van der Waals surface area contributed by atoms with Crippen molar-refractivity contribution in [2.75, 3.05) is 5.73 Å². The van der Waals surface area contributed by atoms with Crippen LogP contribution in [0.2, 0.25) is 0 Å². The van der Waals surface area contributed by atoms with Crippen LogP contribution in [0.4, 0.5) is 18.9 Å². The molecular weight excluding hydrogens is 285 g/mol. The van der Waals surface area contributed by atoms with Crippen LogP contribution in [0.1, 0.15) is 6.92 Å². The van der Waals surface area contributed by atoms with Crippen molar-refractivity contribution >= 4 is 27.7 Å². The van der Waals surface area contributed by atoms with Gasteiger partial charge in [-0.25, -0.2) is 0 Å². The van der Waals surface area contributed by atoms with E-state index >= 15 is 0 Å². The van der Waals surface area contributed by atoms with Gasteiger partial charge in [-0.15, -0.1) is 0 Å². The zero-order chi connectivity index (χ0) is 12.1. The second-order valence-electron chi connectivity index (χ2n) is 3.80. The molecule has 0 bridgehead atoms. The lowest BCUT2D eigenvalue weighted by Gasteiger charge is -2.21. The zero-order valence-electron chi connectivity index (χ0n) is 8.27. The van der Waals surface area contributed by atoms with E-state index in [9.17, 15) is 13.2 Å². The lowest BCUT2D eigenvalue weighted by Crippen LogP contribution is -2.37. The first-order chi connectivity index (χ1) is 7.24. The van der Waals surface area contributed by atoms with Crippen LogP contribution in [-0.2, 0) is 0 Å². The van der Waals surface area contributed by atoms with Gasteiger partial charge in [0.25, 0.3) is 0 Å². The summed E-state index contributed by atoms with van der Waals surface area (Å²) in [5.41, 5.74) is 3.80. The maximum atomic E-state index is 12.8. The molecule has 6 heteroatoms. The number of halogens is 4. The van der Waals surface area contributed by atoms with E-state index in [1.54, 1.807) is 6.07 Å². The summed E-state index contributed by atoms with van der Waals surface area (Å²) in [6, 6.07) is 3.11. The molecule has 1 aromatic rings. The third-order valence-corrected chi connectivity index (χ3v) is 3.25. The standard InChI is InChI=1S/C10H8BrF3N2/c1-9(10(12,13)14)4-5-7(16-9)3-2-6(11)8(5)15/h2-4H,15H2,1H3. The average Bonchev–Trinajstić information content (AvgIpc) is 2.50. The highest BCUT2D eigenvalue weighted by Crippen LogP contribution is 2.35. The summed E-state index contributed by atoms with van der Waals surface area (Å²) in [5, 5.41) is 0.620. The number of hydrogen-bond donors (Lipinski definition) is 1. The number of fused-ring (bicyclic) bond motifs is 1. The van der Waals surface area contributed by atoms with Crippen molar-refractivity contribution in [3.05, 3.63) is 27.2 Å². The molecule has 0 aliphatic carbocycles. The Labute approximate surface area is 97.8 Å². The van der Waals surface area contributed by atoms with E-state index < -0.39 is 11.7 Å². The molecule has 1 aromatic carbocycles. The SMILES string of the molecule is CC1(C(F)(F)F)C=c2c(N)c(Br)ccc2=N1. The Bertz CT molecular complexity index is 565. The molecule has 2 rings (SSSR count). The third kappa shape index (κ3) is 1.52. The molecule has 2 nitrogen and oxygen atoms in total. The molecule has 0 amide bonds. The van der Waals surface area contributed by atoms with E-state index in [1.165, 1.54) is 6.07 Å². The number of nitrogens with zero attached hydrogens (tertiary/aromatic N) is 1. The Kier molecular flexibility index (Phi) is 2.31. The molecule has 1 aliphatic rings. The van der Waals surface area contributed by atoms with E-state index in [4.69, 9.17) is 5.73 Å². The summed E-state index contributed by atoms with van der Waals surface area (Å²) in [6.45, 7) is 1.03. The maximum absolute atomic E-state index is 12.8. The molecule has 16 heavy (non-hydrogen) atoms. The highest BCUT2D eigenvalue weighted by atomic mass is 79.9. The van der Waals surface area contributed by atoms with Crippen LogP contribution in [-0.4, -0.2) is 11.7 Å². The van der Waals surface area contributed by atoms with Crippen molar-refractivity contribution in [1.29, 1.82) is 0 Å². The van der Waals surface area contributed by atoms with Gasteiger partial charge < -0.3 is 5.73 Å². The van der Waals surface area contributed by atoms with Crippen molar-refractivity contribution in [3.8, 4) is 0 Å². The molecule has 0 saturated heterocycles. The number of anilines is 1. The van der Waals surface area contributed by atoms with Gasteiger partial charge in [0.2, 0.25) is 0 Å². The number of nitrogen functional groups attached to an aromatic ring is 1. The molecule has 1 aliphatic heterocycles. The predicted octanol–water partition coefficient (Wildman–Crippen LogP) is 1.77. The van der Waals surface area contributed by atoms with Crippen molar-refractivity contribution < 1.29 is 13.2 Å². The molecule has 0 spiro atoms. The Morgan fingerprint density at radius 1 is 1.38 bits per heavy atom. The second kappa shape index (κ2) is 3.23. The summed E-state index contributed by atoms with van der Waals surface area (Å²) in [6.07, 6.45) is -3.35. The van der Waals surface area contributed by atoms with Gasteiger partial charge in [0.15, 0.2) is 5.54 Å². The number of alkyl halides is 3. The normalized spacial score (nSPS) is 23.6. The Morgan fingerprint density at radius 2 is 2.00 bits per heavy atom. The van der Waals surface area contributed by atoms with Gasteiger partial charge in [-0.3, -0.25) is 4.99 Å². The number of rotatable bonds is 0. The summed E-state index contributed by atoms with van der Waals surface area (Å²) in [4.78, 5) is 3.68. The van der Waals surface area contributed by atoms with E-state index in [0.29, 0.717) is 9.69 Å². The summed E-state index contributed by atoms with van der Waals surface area (Å²) in [7, 11) is 0. The maximum Gasteiger partial charge on any atom is 0.416 e. The van der Waals surface area contributed by atoms with E-state index in [0.717, 1.165) is 13.0 Å². The van der Waals surface area contributed by atoms with Gasteiger partial charge in [-0.05, 0) is 41.1 Å². The van der Waals surface area contributed by atoms with Crippen molar-refractivity contribution in [3.63, 3.8) is 0 Å². The highest BCUT2D eigenvalue weighted by molar-refractivity contribution is 9.10. The molecule has 86 valence electrons. The van der Waals surface area contributed by atoms with E-state index in [-0.39, 0.29) is 11.0 Å². The predicted molar refractivity (Wildman–Crippen MR) is 58.3 cm³/mol. The van der Waals surface area contributed by atoms with E-state index in [2.05, 4.69) is 20.9 Å². The van der Waals surface area contributed by atoms with E-state index in [1.807, 2.05) is 0 Å². The van der Waals surface area contributed by atoms with Crippen molar-refractivity contribution in [1.82, 2.24) is 0 Å². The monoisotopic (exact) mass is 292 g/mol. The third-order valence-electron chi connectivity index (χ3n) is 2.56. The van der Waals surface area contributed by atoms with Gasteiger partial charge in [0.05, 0.1) is 11.0 Å². The molecular formula is C10H8BrF3N2. The fourth-order valence-electron chi connectivity index (χ4n) is 1.56. The largest absolute Gasteiger partial charge is 0.416 e. The molecule has 1 heterocycles. The van der Waals surface area contributed by atoms with Crippen LogP contribution in [0.25, 0.3) is 6.08 Å². The Hall–Kier alpha value is -1.04. The van der Waals surface area contributed by atoms with Gasteiger partial charge in [0, 0.05) is 9.69 Å².